The minimum absolute atomic E-state index is 0.226. The summed E-state index contributed by atoms with van der Waals surface area (Å²) in [6.07, 6.45) is 0.788. The molecular weight excluding hydrogens is 182 g/mol. The molecule has 0 fully saturated rings. The zero-order valence-electron chi connectivity index (χ0n) is 9.59. The number of hydrazine groups is 1. The lowest BCUT2D eigenvalue weighted by Crippen LogP contribution is -2.42. The van der Waals surface area contributed by atoms with Crippen molar-refractivity contribution in [1.29, 1.82) is 0 Å². The second-order valence-electron chi connectivity index (χ2n) is 4.74. The summed E-state index contributed by atoms with van der Waals surface area (Å²) in [5.41, 5.74) is 7.54. The Morgan fingerprint density at radius 2 is 1.71 bits per heavy atom. The van der Waals surface area contributed by atoms with Gasteiger partial charge in [-0.1, -0.05) is 0 Å². The Kier molecular flexibility index (Phi) is 5.54. The quantitative estimate of drug-likeness (QED) is 0.316. The maximum atomic E-state index is 5.91. The predicted molar refractivity (Wildman–Crippen MR) is 56.2 cm³/mol. The molecule has 0 saturated heterocycles. The molecule has 5 N–H and O–H groups in total. The molecule has 0 bridgehead atoms. The summed E-state index contributed by atoms with van der Waals surface area (Å²) < 4.78 is 5.61. The summed E-state index contributed by atoms with van der Waals surface area (Å²) in [6.45, 7) is 8.90. The van der Waals surface area contributed by atoms with E-state index in [1.165, 1.54) is 0 Å². The molecule has 0 radical (unpaired) electrons. The Bertz CT molecular complexity index is 155. The Balaban J connectivity index is 3.72. The predicted octanol–water partition coefficient (Wildman–Crippen LogP) is 0.304. The Morgan fingerprint density at radius 1 is 1.14 bits per heavy atom. The number of nitrogens with one attached hydrogen (secondary N) is 1. The minimum Gasteiger partial charge on any atom is -0.373 e. The molecule has 0 amide bonds. The molecule has 0 atom stereocenters. The van der Waals surface area contributed by atoms with Crippen molar-refractivity contribution in [2.24, 2.45) is 11.6 Å². The number of nitrogens with two attached hydrogens (primary N) is 2. The maximum absolute atomic E-state index is 5.91. The molecule has 0 heterocycles. The fourth-order valence-corrected chi connectivity index (χ4v) is 1.57. The molecule has 14 heavy (non-hydrogen) atoms. The van der Waals surface area contributed by atoms with Gasteiger partial charge in [0, 0.05) is 5.54 Å². The van der Waals surface area contributed by atoms with Crippen molar-refractivity contribution in [3.05, 3.63) is 0 Å². The van der Waals surface area contributed by atoms with Crippen molar-refractivity contribution in [3.8, 4) is 0 Å². The van der Waals surface area contributed by atoms with E-state index < -0.39 is 0 Å². The van der Waals surface area contributed by atoms with E-state index >= 15 is 0 Å². The molecule has 0 aromatic carbocycles. The summed E-state index contributed by atoms with van der Waals surface area (Å²) in [7, 11) is 0. The fraction of sp³-hybridized carbons (Fsp3) is 1.00. The monoisotopic (exact) mass is 205 g/mol. The molecule has 0 aliphatic carbocycles. The molecule has 5 heteroatoms. The highest BCUT2D eigenvalue weighted by Gasteiger charge is 2.26. The van der Waals surface area contributed by atoms with Crippen LogP contribution in [0.5, 0.6) is 0 Å². The number of ether oxygens (including phenoxy) is 1. The van der Waals surface area contributed by atoms with Crippen LogP contribution in [0.3, 0.4) is 0 Å². The normalized spacial score (nSPS) is 13.3. The third-order valence-electron chi connectivity index (χ3n) is 1.64. The van der Waals surface area contributed by atoms with E-state index in [9.17, 15) is 0 Å². The van der Waals surface area contributed by atoms with Gasteiger partial charge in [-0.2, -0.15) is 0 Å². The topological polar surface area (TPSA) is 82.5 Å². The lowest BCUT2D eigenvalue weighted by atomic mass is 9.90. The molecule has 5 nitrogen and oxygen atoms in total. The van der Waals surface area contributed by atoms with Gasteiger partial charge in [0.1, 0.15) is 0 Å². The van der Waals surface area contributed by atoms with Crippen LogP contribution in [-0.2, 0) is 9.57 Å². The molecule has 0 aliphatic rings. The van der Waals surface area contributed by atoms with E-state index in [2.05, 4.69) is 5.59 Å². The van der Waals surface area contributed by atoms with Gasteiger partial charge in [-0.15, -0.1) is 5.59 Å². The fourth-order valence-electron chi connectivity index (χ4n) is 1.57. The largest absolute Gasteiger partial charge is 0.373 e. The van der Waals surface area contributed by atoms with Crippen LogP contribution in [0.4, 0.5) is 0 Å². The Morgan fingerprint density at radius 3 is 2.14 bits per heavy atom. The first-order valence-corrected chi connectivity index (χ1v) is 4.77. The van der Waals surface area contributed by atoms with Crippen LogP contribution in [0.25, 0.3) is 0 Å². The van der Waals surface area contributed by atoms with Gasteiger partial charge >= 0.3 is 0 Å². The van der Waals surface area contributed by atoms with Gasteiger partial charge in [-0.05, 0) is 34.1 Å². The van der Waals surface area contributed by atoms with Crippen molar-refractivity contribution in [3.63, 3.8) is 0 Å². The van der Waals surface area contributed by atoms with Gasteiger partial charge in [0.2, 0.25) is 0 Å². The van der Waals surface area contributed by atoms with Crippen LogP contribution in [0.2, 0.25) is 0 Å². The van der Waals surface area contributed by atoms with E-state index in [-0.39, 0.29) is 11.1 Å². The van der Waals surface area contributed by atoms with Gasteiger partial charge < -0.3 is 10.5 Å². The van der Waals surface area contributed by atoms with Crippen LogP contribution in [0.1, 0.15) is 34.1 Å². The summed E-state index contributed by atoms with van der Waals surface area (Å²) in [5.74, 6) is 4.93. The summed E-state index contributed by atoms with van der Waals surface area (Å²) in [5, 5.41) is 0. The first-order valence-electron chi connectivity index (χ1n) is 4.77. The zero-order chi connectivity index (χ0) is 11.2. The van der Waals surface area contributed by atoms with E-state index in [1.807, 2.05) is 27.7 Å². The standard InChI is InChI=1S/C9H23N3O2/c1-8(2,10)7-9(3,4)13-5-6-14-12-11/h12H,5-7,10-11H2,1-4H3. The third kappa shape index (κ3) is 8.40. The third-order valence-corrected chi connectivity index (χ3v) is 1.64. The highest BCUT2D eigenvalue weighted by Crippen LogP contribution is 2.21. The average molecular weight is 205 g/mol. The number of rotatable bonds is 7. The van der Waals surface area contributed by atoms with E-state index in [0.29, 0.717) is 13.2 Å². The zero-order valence-corrected chi connectivity index (χ0v) is 9.59. The van der Waals surface area contributed by atoms with E-state index in [1.54, 1.807) is 0 Å². The second kappa shape index (κ2) is 5.63. The van der Waals surface area contributed by atoms with Crippen LogP contribution in [0.15, 0.2) is 0 Å². The molecule has 0 rings (SSSR count). The van der Waals surface area contributed by atoms with Crippen molar-refractivity contribution in [2.45, 2.75) is 45.3 Å². The van der Waals surface area contributed by atoms with E-state index in [0.717, 1.165) is 6.42 Å². The Labute approximate surface area is 86.0 Å². The average Bonchev–Trinajstić information content (AvgIpc) is 1.93. The molecule has 0 unspecified atom stereocenters. The lowest BCUT2D eigenvalue weighted by Gasteiger charge is -2.32. The van der Waals surface area contributed by atoms with Crippen molar-refractivity contribution < 1.29 is 9.57 Å². The van der Waals surface area contributed by atoms with Gasteiger partial charge in [0.25, 0.3) is 0 Å². The summed E-state index contributed by atoms with van der Waals surface area (Å²) in [6, 6.07) is 0. The molecular formula is C9H23N3O2. The molecule has 0 aromatic rings. The van der Waals surface area contributed by atoms with Crippen molar-refractivity contribution >= 4 is 0 Å². The SMILES string of the molecule is CC(C)(N)CC(C)(C)OCCONN. The molecule has 86 valence electrons. The first kappa shape index (κ1) is 13.8. The van der Waals surface area contributed by atoms with Crippen LogP contribution < -0.4 is 17.2 Å². The maximum Gasteiger partial charge on any atom is 0.0932 e. The van der Waals surface area contributed by atoms with Crippen LogP contribution in [0, 0.1) is 0 Å². The smallest absolute Gasteiger partial charge is 0.0932 e. The molecule has 0 saturated carbocycles. The van der Waals surface area contributed by atoms with Gasteiger partial charge in [-0.25, -0.2) is 5.84 Å². The van der Waals surface area contributed by atoms with Crippen LogP contribution >= 0.6 is 0 Å². The first-order chi connectivity index (χ1) is 6.27. The summed E-state index contributed by atoms with van der Waals surface area (Å²) >= 11 is 0. The Hall–Kier alpha value is -0.200. The van der Waals surface area contributed by atoms with Crippen molar-refractivity contribution in [2.75, 3.05) is 13.2 Å². The van der Waals surface area contributed by atoms with Crippen molar-refractivity contribution in [1.82, 2.24) is 5.59 Å². The summed E-state index contributed by atoms with van der Waals surface area (Å²) in [4.78, 5) is 4.73. The van der Waals surface area contributed by atoms with E-state index in [4.69, 9.17) is 21.2 Å². The second-order valence-corrected chi connectivity index (χ2v) is 4.74. The highest BCUT2D eigenvalue weighted by atomic mass is 16.7. The highest BCUT2D eigenvalue weighted by molar-refractivity contribution is 4.82. The lowest BCUT2D eigenvalue weighted by molar-refractivity contribution is -0.0745. The molecule has 0 spiro atoms. The molecule has 0 aliphatic heterocycles. The number of hydrogen-bond acceptors (Lipinski definition) is 5. The van der Waals surface area contributed by atoms with Gasteiger partial charge in [0.05, 0.1) is 18.8 Å². The van der Waals surface area contributed by atoms with Gasteiger partial charge in [-0.3, -0.25) is 4.84 Å². The molecule has 0 aromatic heterocycles. The van der Waals surface area contributed by atoms with Gasteiger partial charge in [0.15, 0.2) is 0 Å². The number of hydrogen-bond donors (Lipinski definition) is 3. The minimum atomic E-state index is -0.240. The van der Waals surface area contributed by atoms with Crippen LogP contribution in [-0.4, -0.2) is 24.4 Å².